The van der Waals surface area contributed by atoms with Crippen LogP contribution in [0.3, 0.4) is 0 Å². The zero-order chi connectivity index (χ0) is 15.3. The molecule has 1 aromatic carbocycles. The largest absolute Gasteiger partial charge is 0.316 e. The monoisotopic (exact) mass is 286 g/mol. The lowest BCUT2D eigenvalue weighted by Crippen LogP contribution is -2.50. The molecule has 3 heteroatoms. The number of hydrogen-bond donors (Lipinski definition) is 1. The normalized spacial score (nSPS) is 30.0. The Morgan fingerprint density at radius 3 is 2.43 bits per heavy atom. The molecular weight excluding hydrogens is 260 g/mol. The van der Waals surface area contributed by atoms with E-state index < -0.39 is 5.54 Å². The molecule has 1 saturated carbocycles. The lowest BCUT2D eigenvalue weighted by Gasteiger charge is -2.40. The Kier molecular flexibility index (Phi) is 3.36. The highest BCUT2D eigenvalue weighted by Gasteiger charge is 2.55. The fourth-order valence-corrected chi connectivity index (χ4v) is 3.51. The minimum absolute atomic E-state index is 0.0146. The summed E-state index contributed by atoms with van der Waals surface area (Å²) >= 11 is 0. The zero-order valence-corrected chi connectivity index (χ0v) is 13.5. The van der Waals surface area contributed by atoms with Crippen LogP contribution >= 0.6 is 0 Å². The van der Waals surface area contributed by atoms with Crippen molar-refractivity contribution >= 4 is 5.91 Å². The molecule has 0 spiro atoms. The molecule has 2 unspecified atom stereocenters. The van der Waals surface area contributed by atoms with Gasteiger partial charge in [0.15, 0.2) is 0 Å². The Labute approximate surface area is 127 Å². The van der Waals surface area contributed by atoms with Crippen LogP contribution in [0.2, 0.25) is 0 Å². The van der Waals surface area contributed by atoms with Gasteiger partial charge in [-0.1, -0.05) is 37.3 Å². The summed E-state index contributed by atoms with van der Waals surface area (Å²) in [5.74, 6) is 0.879. The van der Waals surface area contributed by atoms with E-state index in [1.807, 2.05) is 25.1 Å². The lowest BCUT2D eigenvalue weighted by molar-refractivity contribution is -0.139. The van der Waals surface area contributed by atoms with Crippen molar-refractivity contribution in [2.75, 3.05) is 0 Å². The predicted molar refractivity (Wildman–Crippen MR) is 84.7 cm³/mol. The maximum absolute atomic E-state index is 13.1. The summed E-state index contributed by atoms with van der Waals surface area (Å²) in [6.07, 6.45) is 3.27. The fourth-order valence-electron chi connectivity index (χ4n) is 3.51. The van der Waals surface area contributed by atoms with Crippen molar-refractivity contribution in [2.24, 2.45) is 5.92 Å². The molecule has 2 atom stereocenters. The lowest BCUT2D eigenvalue weighted by atomic mass is 9.92. The maximum Gasteiger partial charge on any atom is 0.244 e. The average Bonchev–Trinajstić information content (AvgIpc) is 3.28. The summed E-state index contributed by atoms with van der Waals surface area (Å²) in [7, 11) is 0. The Hall–Kier alpha value is -1.35. The number of rotatable bonds is 4. The van der Waals surface area contributed by atoms with Crippen LogP contribution in [0.25, 0.3) is 0 Å². The van der Waals surface area contributed by atoms with Crippen LogP contribution < -0.4 is 5.32 Å². The summed E-state index contributed by atoms with van der Waals surface area (Å²) < 4.78 is 0. The first kappa shape index (κ1) is 14.6. The highest BCUT2D eigenvalue weighted by atomic mass is 16.2. The van der Waals surface area contributed by atoms with Gasteiger partial charge in [-0.3, -0.25) is 10.1 Å². The number of carbonyl (C=O) groups excluding carboxylic acids is 1. The minimum atomic E-state index is -0.452. The molecule has 0 bridgehead atoms. The van der Waals surface area contributed by atoms with Crippen molar-refractivity contribution in [3.63, 3.8) is 0 Å². The molecule has 3 rings (SSSR count). The van der Waals surface area contributed by atoms with Gasteiger partial charge < -0.3 is 4.90 Å². The van der Waals surface area contributed by atoms with Crippen LogP contribution in [0.15, 0.2) is 30.3 Å². The van der Waals surface area contributed by atoms with Gasteiger partial charge in [-0.2, -0.15) is 0 Å². The van der Waals surface area contributed by atoms with Crippen molar-refractivity contribution in [3.05, 3.63) is 35.9 Å². The van der Waals surface area contributed by atoms with Gasteiger partial charge in [0.25, 0.3) is 0 Å². The maximum atomic E-state index is 13.1. The second-order valence-corrected chi connectivity index (χ2v) is 7.25. The first-order valence-corrected chi connectivity index (χ1v) is 8.06. The first-order valence-electron chi connectivity index (χ1n) is 8.06. The standard InChI is InChI=1S/C18H26N2O/c1-5-18(4)16(21)20(17(2,3)14-11-12-14)15(19-18)13-9-7-6-8-10-13/h6-10,14-15,19H,5,11-12H2,1-4H3. The second-order valence-electron chi connectivity index (χ2n) is 7.25. The molecule has 1 heterocycles. The third kappa shape index (κ3) is 2.28. The molecule has 2 fully saturated rings. The Morgan fingerprint density at radius 2 is 1.90 bits per heavy atom. The van der Waals surface area contributed by atoms with Crippen LogP contribution in [-0.2, 0) is 4.79 Å². The van der Waals surface area contributed by atoms with Crippen molar-refractivity contribution in [2.45, 2.75) is 64.2 Å². The van der Waals surface area contributed by atoms with Crippen molar-refractivity contribution in [1.82, 2.24) is 10.2 Å². The molecule has 3 nitrogen and oxygen atoms in total. The Balaban J connectivity index is 2.02. The van der Waals surface area contributed by atoms with Gasteiger partial charge in [0.05, 0.1) is 5.54 Å². The van der Waals surface area contributed by atoms with Crippen LogP contribution in [0.1, 0.15) is 58.7 Å². The van der Waals surface area contributed by atoms with Gasteiger partial charge in [-0.05, 0) is 51.5 Å². The molecule has 1 aromatic rings. The molecule has 114 valence electrons. The molecule has 1 N–H and O–H groups in total. The van der Waals surface area contributed by atoms with Crippen molar-refractivity contribution < 1.29 is 4.79 Å². The van der Waals surface area contributed by atoms with Gasteiger partial charge in [-0.25, -0.2) is 0 Å². The van der Waals surface area contributed by atoms with E-state index in [1.54, 1.807) is 0 Å². The summed E-state index contributed by atoms with van der Waals surface area (Å²) in [6.45, 7) is 8.57. The van der Waals surface area contributed by atoms with E-state index in [0.29, 0.717) is 5.92 Å². The van der Waals surface area contributed by atoms with Gasteiger partial charge in [0.2, 0.25) is 5.91 Å². The summed E-state index contributed by atoms with van der Waals surface area (Å²) in [5, 5.41) is 3.60. The number of carbonyl (C=O) groups is 1. The van der Waals surface area contributed by atoms with Crippen LogP contribution in [0, 0.1) is 5.92 Å². The molecule has 1 aliphatic heterocycles. The molecule has 1 aliphatic carbocycles. The van der Waals surface area contributed by atoms with Gasteiger partial charge >= 0.3 is 0 Å². The third-order valence-electron chi connectivity index (χ3n) is 5.42. The minimum Gasteiger partial charge on any atom is -0.316 e. The number of nitrogens with zero attached hydrogens (tertiary/aromatic N) is 1. The third-order valence-corrected chi connectivity index (χ3v) is 5.42. The molecule has 2 aliphatic rings. The van der Waals surface area contributed by atoms with Gasteiger partial charge in [0.1, 0.15) is 6.17 Å². The zero-order valence-electron chi connectivity index (χ0n) is 13.5. The molecule has 21 heavy (non-hydrogen) atoms. The van der Waals surface area contributed by atoms with E-state index in [2.05, 4.69) is 43.1 Å². The van der Waals surface area contributed by atoms with Gasteiger partial charge in [0, 0.05) is 5.54 Å². The Morgan fingerprint density at radius 1 is 1.29 bits per heavy atom. The van der Waals surface area contributed by atoms with Crippen molar-refractivity contribution in [3.8, 4) is 0 Å². The average molecular weight is 286 g/mol. The van der Waals surface area contributed by atoms with Gasteiger partial charge in [-0.15, -0.1) is 0 Å². The molecule has 0 aromatic heterocycles. The second kappa shape index (κ2) is 4.84. The van der Waals surface area contributed by atoms with Crippen LogP contribution in [0.5, 0.6) is 0 Å². The number of hydrogen-bond acceptors (Lipinski definition) is 2. The topological polar surface area (TPSA) is 32.3 Å². The molecular formula is C18H26N2O. The number of nitrogens with one attached hydrogen (secondary N) is 1. The van der Waals surface area contributed by atoms with E-state index in [0.717, 1.165) is 6.42 Å². The van der Waals surface area contributed by atoms with E-state index in [1.165, 1.54) is 18.4 Å². The van der Waals surface area contributed by atoms with E-state index in [9.17, 15) is 4.79 Å². The summed E-state index contributed by atoms with van der Waals surface area (Å²) in [6, 6.07) is 10.3. The first-order chi connectivity index (χ1) is 9.90. The fraction of sp³-hybridized carbons (Fsp3) is 0.611. The number of amides is 1. The van der Waals surface area contributed by atoms with Crippen molar-refractivity contribution in [1.29, 1.82) is 0 Å². The summed E-state index contributed by atoms with van der Waals surface area (Å²) in [4.78, 5) is 15.2. The smallest absolute Gasteiger partial charge is 0.244 e. The molecule has 1 saturated heterocycles. The van der Waals surface area contributed by atoms with Crippen LogP contribution in [0.4, 0.5) is 0 Å². The quantitative estimate of drug-likeness (QED) is 0.919. The summed E-state index contributed by atoms with van der Waals surface area (Å²) in [5.41, 5.74) is 0.640. The molecule has 1 amide bonds. The number of benzene rings is 1. The highest BCUT2D eigenvalue weighted by Crippen LogP contribution is 2.48. The van der Waals surface area contributed by atoms with E-state index >= 15 is 0 Å². The highest BCUT2D eigenvalue weighted by molar-refractivity contribution is 5.89. The predicted octanol–water partition coefficient (Wildman–Crippen LogP) is 3.47. The van der Waals surface area contributed by atoms with E-state index in [4.69, 9.17) is 0 Å². The molecule has 0 radical (unpaired) electrons. The Bertz CT molecular complexity index is 535. The van der Waals surface area contributed by atoms with Crippen LogP contribution in [-0.4, -0.2) is 21.9 Å². The SMILES string of the molecule is CCC1(C)NC(c2ccccc2)N(C(C)(C)C2CC2)C1=O. The van der Waals surface area contributed by atoms with E-state index in [-0.39, 0.29) is 17.6 Å².